The van der Waals surface area contributed by atoms with E-state index in [1.54, 1.807) is 20.8 Å². The maximum atomic E-state index is 12.9. The molecule has 7 heteroatoms. The highest BCUT2D eigenvalue weighted by atomic mass is 35.5. The van der Waals surface area contributed by atoms with Crippen LogP contribution in [0.2, 0.25) is 5.02 Å². The first-order valence-corrected chi connectivity index (χ1v) is 6.16. The van der Waals surface area contributed by atoms with Gasteiger partial charge < -0.3 is 4.74 Å². The van der Waals surface area contributed by atoms with Crippen LogP contribution in [-0.2, 0) is 10.9 Å². The lowest BCUT2D eigenvalue weighted by atomic mass is 10.1. The summed E-state index contributed by atoms with van der Waals surface area (Å²) in [5, 5.41) is 1.87. The smallest absolute Gasteiger partial charge is 0.418 e. The van der Waals surface area contributed by atoms with Crippen molar-refractivity contribution in [3.05, 3.63) is 28.3 Å². The molecule has 0 aliphatic rings. The molecule has 20 heavy (non-hydrogen) atoms. The zero-order chi connectivity index (χ0) is 15.7. The predicted molar refractivity (Wildman–Crippen MR) is 71.0 cm³/mol. The molecule has 0 saturated carbocycles. The molecule has 1 amide bonds. The number of ether oxygens (including phenoxy) is 1. The van der Waals surface area contributed by atoms with E-state index in [4.69, 9.17) is 16.3 Å². The fourth-order valence-corrected chi connectivity index (χ4v) is 1.89. The highest BCUT2D eigenvalue weighted by Gasteiger charge is 2.36. The first-order valence-electron chi connectivity index (χ1n) is 5.78. The van der Waals surface area contributed by atoms with E-state index in [1.807, 2.05) is 0 Å². The number of hydrogen-bond donors (Lipinski definition) is 1. The molecule has 1 aromatic carbocycles. The number of anilines is 1. The molecular weight excluding hydrogens is 295 g/mol. The summed E-state index contributed by atoms with van der Waals surface area (Å²) in [5.74, 6) is 0. The maximum Gasteiger partial charge on any atom is 0.418 e. The Morgan fingerprint density at radius 1 is 1.25 bits per heavy atom. The number of carbonyl (C=O) groups is 1. The lowest BCUT2D eigenvalue weighted by molar-refractivity contribution is -0.137. The Morgan fingerprint density at radius 3 is 2.25 bits per heavy atom. The van der Waals surface area contributed by atoms with Gasteiger partial charge in [0.1, 0.15) is 5.60 Å². The Balaban J connectivity index is 3.07. The van der Waals surface area contributed by atoms with Crippen LogP contribution in [0.25, 0.3) is 0 Å². The van der Waals surface area contributed by atoms with Gasteiger partial charge in [0.15, 0.2) is 0 Å². The summed E-state index contributed by atoms with van der Waals surface area (Å²) in [6.45, 7) is 6.20. The van der Waals surface area contributed by atoms with E-state index in [2.05, 4.69) is 5.32 Å². The third kappa shape index (κ3) is 4.30. The summed E-state index contributed by atoms with van der Waals surface area (Å²) in [5.41, 5.74) is -1.85. The Kier molecular flexibility index (Phi) is 4.59. The van der Waals surface area contributed by atoms with Crippen LogP contribution in [0.4, 0.5) is 23.7 Å². The number of hydrogen-bond acceptors (Lipinski definition) is 2. The van der Waals surface area contributed by atoms with Crippen molar-refractivity contribution in [3.8, 4) is 0 Å². The molecule has 0 atom stereocenters. The van der Waals surface area contributed by atoms with Gasteiger partial charge in [0.05, 0.1) is 10.6 Å². The molecule has 1 aromatic rings. The van der Waals surface area contributed by atoms with E-state index in [0.717, 1.165) is 6.07 Å². The van der Waals surface area contributed by atoms with Crippen molar-refractivity contribution in [1.29, 1.82) is 0 Å². The molecule has 0 bridgehead atoms. The average Bonchev–Trinajstić information content (AvgIpc) is 2.17. The van der Waals surface area contributed by atoms with E-state index >= 15 is 0 Å². The summed E-state index contributed by atoms with van der Waals surface area (Å²) in [4.78, 5) is 11.6. The molecule has 0 aliphatic carbocycles. The number of alkyl halides is 3. The second kappa shape index (κ2) is 5.52. The van der Waals surface area contributed by atoms with Gasteiger partial charge in [0.2, 0.25) is 0 Å². The molecule has 0 aliphatic heterocycles. The first kappa shape index (κ1) is 16.6. The minimum Gasteiger partial charge on any atom is -0.444 e. The normalized spacial score (nSPS) is 12.2. The summed E-state index contributed by atoms with van der Waals surface area (Å²) in [7, 11) is 0. The topological polar surface area (TPSA) is 38.3 Å². The van der Waals surface area contributed by atoms with E-state index in [0.29, 0.717) is 0 Å². The van der Waals surface area contributed by atoms with Gasteiger partial charge >= 0.3 is 12.3 Å². The number of rotatable bonds is 1. The van der Waals surface area contributed by atoms with E-state index in [-0.39, 0.29) is 11.3 Å². The van der Waals surface area contributed by atoms with Crippen molar-refractivity contribution in [2.75, 3.05) is 5.32 Å². The van der Waals surface area contributed by atoms with Crippen molar-refractivity contribution >= 4 is 23.4 Å². The lowest BCUT2D eigenvalue weighted by Crippen LogP contribution is -2.27. The van der Waals surface area contributed by atoms with Crippen molar-refractivity contribution in [3.63, 3.8) is 0 Å². The molecule has 0 unspecified atom stereocenters. The van der Waals surface area contributed by atoms with E-state index in [1.165, 1.54) is 13.0 Å². The van der Waals surface area contributed by atoms with E-state index < -0.39 is 28.5 Å². The molecule has 0 saturated heterocycles. The maximum absolute atomic E-state index is 12.9. The van der Waals surface area contributed by atoms with Crippen LogP contribution in [-0.4, -0.2) is 11.7 Å². The SMILES string of the molecule is Cc1c(NC(=O)OC(C)(C)C)ccc(Cl)c1C(F)(F)F. The molecule has 112 valence electrons. The van der Waals surface area contributed by atoms with Crippen LogP contribution >= 0.6 is 11.6 Å². The largest absolute Gasteiger partial charge is 0.444 e. The van der Waals surface area contributed by atoms with Gasteiger partial charge in [0, 0.05) is 5.69 Å². The quantitative estimate of drug-likeness (QED) is 0.791. The second-order valence-corrected chi connectivity index (χ2v) is 5.63. The van der Waals surface area contributed by atoms with Gasteiger partial charge in [0.25, 0.3) is 0 Å². The van der Waals surface area contributed by atoms with Gasteiger partial charge in [-0.25, -0.2) is 4.79 Å². The Morgan fingerprint density at radius 2 is 1.80 bits per heavy atom. The summed E-state index contributed by atoms with van der Waals surface area (Å²) < 4.78 is 43.6. The van der Waals surface area contributed by atoms with E-state index in [9.17, 15) is 18.0 Å². The van der Waals surface area contributed by atoms with Gasteiger partial charge in [-0.05, 0) is 45.4 Å². The highest BCUT2D eigenvalue weighted by molar-refractivity contribution is 6.31. The van der Waals surface area contributed by atoms with Crippen LogP contribution in [0, 0.1) is 6.92 Å². The van der Waals surface area contributed by atoms with Crippen LogP contribution in [0.15, 0.2) is 12.1 Å². The van der Waals surface area contributed by atoms with Crippen molar-refractivity contribution in [1.82, 2.24) is 0 Å². The van der Waals surface area contributed by atoms with Gasteiger partial charge in [-0.3, -0.25) is 5.32 Å². The fourth-order valence-electron chi connectivity index (χ4n) is 1.58. The summed E-state index contributed by atoms with van der Waals surface area (Å²) in [6, 6.07) is 2.39. The van der Waals surface area contributed by atoms with Crippen molar-refractivity contribution in [2.45, 2.75) is 39.5 Å². The number of benzene rings is 1. The van der Waals surface area contributed by atoms with Crippen LogP contribution in [0.1, 0.15) is 31.9 Å². The number of carbonyl (C=O) groups excluding carboxylic acids is 1. The molecule has 1 N–H and O–H groups in total. The first-order chi connectivity index (χ1) is 8.92. The predicted octanol–water partition coefficient (Wildman–Crippen LogP) is 5.01. The molecular formula is C13H15ClF3NO2. The van der Waals surface area contributed by atoms with Gasteiger partial charge in [-0.2, -0.15) is 13.2 Å². The van der Waals surface area contributed by atoms with Crippen LogP contribution < -0.4 is 5.32 Å². The minimum atomic E-state index is -4.59. The van der Waals surface area contributed by atoms with Gasteiger partial charge in [-0.1, -0.05) is 11.6 Å². The summed E-state index contributed by atoms with van der Waals surface area (Å²) in [6.07, 6.45) is -5.41. The standard InChI is InChI=1S/C13H15ClF3NO2/c1-7-9(18-11(19)20-12(2,3)4)6-5-8(14)10(7)13(15,16)17/h5-6H,1-4H3,(H,18,19). The number of halogens is 4. The third-order valence-corrected chi connectivity index (χ3v) is 2.65. The number of amides is 1. The Hall–Kier alpha value is -1.43. The fraction of sp³-hybridized carbons (Fsp3) is 0.462. The Bertz CT molecular complexity index is 522. The molecule has 1 rings (SSSR count). The number of nitrogens with one attached hydrogen (secondary N) is 1. The Labute approximate surface area is 120 Å². The minimum absolute atomic E-state index is 0.0102. The van der Waals surface area contributed by atoms with Crippen LogP contribution in [0.3, 0.4) is 0 Å². The van der Waals surface area contributed by atoms with Gasteiger partial charge in [-0.15, -0.1) is 0 Å². The molecule has 0 spiro atoms. The molecule has 0 radical (unpaired) electrons. The highest BCUT2D eigenvalue weighted by Crippen LogP contribution is 2.39. The lowest BCUT2D eigenvalue weighted by Gasteiger charge is -2.21. The third-order valence-electron chi connectivity index (χ3n) is 2.33. The molecule has 0 fully saturated rings. The monoisotopic (exact) mass is 309 g/mol. The van der Waals surface area contributed by atoms with Crippen molar-refractivity contribution in [2.24, 2.45) is 0 Å². The van der Waals surface area contributed by atoms with Crippen LogP contribution in [0.5, 0.6) is 0 Å². The molecule has 0 heterocycles. The second-order valence-electron chi connectivity index (χ2n) is 5.22. The molecule has 3 nitrogen and oxygen atoms in total. The molecule has 0 aromatic heterocycles. The zero-order valence-corrected chi connectivity index (χ0v) is 12.2. The zero-order valence-electron chi connectivity index (χ0n) is 11.5. The average molecular weight is 310 g/mol. The van der Waals surface area contributed by atoms with Crippen molar-refractivity contribution < 1.29 is 22.7 Å². The summed E-state index contributed by atoms with van der Waals surface area (Å²) >= 11 is 5.57.